The molecular weight excluding hydrogens is 256 g/mol. The number of nitrogens with two attached hydrogens (primary N) is 1. The number of imidazole rings is 1. The summed E-state index contributed by atoms with van der Waals surface area (Å²) in [6, 6.07) is 0. The van der Waals surface area contributed by atoms with Crippen LogP contribution in [0.15, 0.2) is 12.4 Å². The van der Waals surface area contributed by atoms with Crippen LogP contribution in [0.3, 0.4) is 0 Å². The summed E-state index contributed by atoms with van der Waals surface area (Å²) in [5.41, 5.74) is 7.55. The standard InChI is InChI=1S/C11H15ClN4S/c1-2-17-5-3-4-16-10-8(12)6-14-7-9(10)15-11(16)13/h6-7H,2-5H2,1H3,(H2,13,15). The van der Waals surface area contributed by atoms with Gasteiger partial charge in [0, 0.05) is 12.7 Å². The molecule has 0 aliphatic heterocycles. The fourth-order valence-electron chi connectivity index (χ4n) is 1.76. The van der Waals surface area contributed by atoms with E-state index in [0.29, 0.717) is 11.0 Å². The van der Waals surface area contributed by atoms with Crippen LogP contribution in [-0.2, 0) is 6.54 Å². The highest BCUT2D eigenvalue weighted by atomic mass is 35.5. The van der Waals surface area contributed by atoms with Crippen molar-refractivity contribution in [2.45, 2.75) is 19.9 Å². The van der Waals surface area contributed by atoms with Gasteiger partial charge in [0.25, 0.3) is 0 Å². The molecule has 4 nitrogen and oxygen atoms in total. The number of nitrogen functional groups attached to an aromatic ring is 1. The quantitative estimate of drug-likeness (QED) is 0.849. The lowest BCUT2D eigenvalue weighted by atomic mass is 10.4. The molecule has 0 radical (unpaired) electrons. The number of anilines is 1. The first kappa shape index (κ1) is 12.5. The van der Waals surface area contributed by atoms with Crippen molar-refractivity contribution in [2.24, 2.45) is 0 Å². The Bertz CT molecular complexity index is 511. The predicted molar refractivity (Wildman–Crippen MR) is 74.6 cm³/mol. The van der Waals surface area contributed by atoms with E-state index < -0.39 is 0 Å². The normalized spacial score (nSPS) is 11.2. The minimum atomic E-state index is 0.511. The summed E-state index contributed by atoms with van der Waals surface area (Å²) >= 11 is 8.06. The summed E-state index contributed by atoms with van der Waals surface area (Å²) in [4.78, 5) is 8.27. The van der Waals surface area contributed by atoms with Crippen molar-refractivity contribution in [3.8, 4) is 0 Å². The molecule has 0 saturated heterocycles. The molecule has 0 fully saturated rings. The van der Waals surface area contributed by atoms with Gasteiger partial charge in [0.2, 0.25) is 5.95 Å². The molecule has 0 unspecified atom stereocenters. The fourth-order valence-corrected chi connectivity index (χ4v) is 2.64. The van der Waals surface area contributed by atoms with Crippen LogP contribution >= 0.6 is 23.4 Å². The molecule has 2 heterocycles. The zero-order valence-corrected chi connectivity index (χ0v) is 11.3. The van der Waals surface area contributed by atoms with Crippen LogP contribution < -0.4 is 5.73 Å². The summed E-state index contributed by atoms with van der Waals surface area (Å²) in [5, 5.41) is 0.606. The van der Waals surface area contributed by atoms with Crippen LogP contribution in [0.4, 0.5) is 5.95 Å². The molecule has 0 aromatic carbocycles. The number of pyridine rings is 1. The largest absolute Gasteiger partial charge is 0.369 e. The molecule has 0 saturated carbocycles. The maximum atomic E-state index is 6.13. The highest BCUT2D eigenvalue weighted by molar-refractivity contribution is 7.99. The van der Waals surface area contributed by atoms with Crippen LogP contribution in [-0.4, -0.2) is 26.0 Å². The van der Waals surface area contributed by atoms with E-state index in [4.69, 9.17) is 17.3 Å². The number of aryl methyl sites for hydroxylation is 1. The third-order valence-corrected chi connectivity index (χ3v) is 3.77. The van der Waals surface area contributed by atoms with E-state index in [9.17, 15) is 0 Å². The first-order chi connectivity index (χ1) is 8.24. The molecule has 2 aromatic heterocycles. The highest BCUT2D eigenvalue weighted by Gasteiger charge is 2.11. The number of aromatic nitrogens is 3. The van der Waals surface area contributed by atoms with Crippen LogP contribution in [0.2, 0.25) is 5.02 Å². The van der Waals surface area contributed by atoms with Crippen molar-refractivity contribution < 1.29 is 0 Å². The summed E-state index contributed by atoms with van der Waals surface area (Å²) in [6.07, 6.45) is 4.38. The zero-order chi connectivity index (χ0) is 12.3. The number of thioether (sulfide) groups is 1. The lowest BCUT2D eigenvalue weighted by molar-refractivity contribution is 0.712. The van der Waals surface area contributed by atoms with Gasteiger partial charge in [0.15, 0.2) is 0 Å². The Morgan fingerprint density at radius 3 is 3.06 bits per heavy atom. The van der Waals surface area contributed by atoms with Gasteiger partial charge in [-0.3, -0.25) is 4.98 Å². The molecule has 0 spiro atoms. The molecule has 92 valence electrons. The molecule has 0 aliphatic carbocycles. The average Bonchev–Trinajstić information content (AvgIpc) is 2.62. The second-order valence-electron chi connectivity index (χ2n) is 3.66. The van der Waals surface area contributed by atoms with Crippen molar-refractivity contribution in [2.75, 3.05) is 17.2 Å². The summed E-state index contributed by atoms with van der Waals surface area (Å²) in [5.74, 6) is 2.78. The molecule has 0 atom stereocenters. The Morgan fingerprint density at radius 2 is 2.29 bits per heavy atom. The minimum absolute atomic E-state index is 0.511. The second kappa shape index (κ2) is 5.60. The Hall–Kier alpha value is -0.940. The lowest BCUT2D eigenvalue weighted by Gasteiger charge is -2.06. The van der Waals surface area contributed by atoms with Gasteiger partial charge in [-0.25, -0.2) is 4.98 Å². The Balaban J connectivity index is 2.23. The zero-order valence-electron chi connectivity index (χ0n) is 9.69. The summed E-state index contributed by atoms with van der Waals surface area (Å²) in [6.45, 7) is 3.01. The topological polar surface area (TPSA) is 56.7 Å². The lowest BCUT2D eigenvalue weighted by Crippen LogP contribution is -2.04. The molecule has 6 heteroatoms. The van der Waals surface area contributed by atoms with Crippen LogP contribution in [0.25, 0.3) is 11.0 Å². The fraction of sp³-hybridized carbons (Fsp3) is 0.455. The summed E-state index contributed by atoms with van der Waals surface area (Å²) in [7, 11) is 0. The van der Waals surface area contributed by atoms with Crippen LogP contribution in [0, 0.1) is 0 Å². The van der Waals surface area contributed by atoms with E-state index in [1.165, 1.54) is 0 Å². The SMILES string of the molecule is CCSCCCn1c(N)nc2cncc(Cl)c21. The molecular formula is C11H15ClN4S. The van der Waals surface area contributed by atoms with Crippen molar-refractivity contribution in [1.82, 2.24) is 14.5 Å². The van der Waals surface area contributed by atoms with Crippen molar-refractivity contribution in [1.29, 1.82) is 0 Å². The monoisotopic (exact) mass is 270 g/mol. The van der Waals surface area contributed by atoms with Gasteiger partial charge in [-0.2, -0.15) is 11.8 Å². The van der Waals surface area contributed by atoms with Gasteiger partial charge in [-0.1, -0.05) is 18.5 Å². The van der Waals surface area contributed by atoms with Gasteiger partial charge in [-0.15, -0.1) is 0 Å². The molecule has 2 aromatic rings. The summed E-state index contributed by atoms with van der Waals surface area (Å²) < 4.78 is 1.97. The van der Waals surface area contributed by atoms with Gasteiger partial charge in [-0.05, 0) is 17.9 Å². The molecule has 0 bridgehead atoms. The maximum absolute atomic E-state index is 6.13. The van der Waals surface area contributed by atoms with E-state index in [1.807, 2.05) is 16.3 Å². The maximum Gasteiger partial charge on any atom is 0.201 e. The van der Waals surface area contributed by atoms with E-state index in [-0.39, 0.29) is 0 Å². The van der Waals surface area contributed by atoms with Gasteiger partial charge in [0.1, 0.15) is 5.52 Å². The Morgan fingerprint density at radius 1 is 1.47 bits per heavy atom. The number of fused-ring (bicyclic) bond motifs is 1. The third kappa shape index (κ3) is 2.66. The van der Waals surface area contributed by atoms with E-state index in [0.717, 1.165) is 35.5 Å². The van der Waals surface area contributed by atoms with Gasteiger partial charge >= 0.3 is 0 Å². The van der Waals surface area contributed by atoms with Crippen LogP contribution in [0.5, 0.6) is 0 Å². The number of nitrogens with zero attached hydrogens (tertiary/aromatic N) is 3. The molecule has 0 amide bonds. The van der Waals surface area contributed by atoms with Crippen molar-refractivity contribution in [3.05, 3.63) is 17.4 Å². The minimum Gasteiger partial charge on any atom is -0.369 e. The van der Waals surface area contributed by atoms with Crippen molar-refractivity contribution in [3.63, 3.8) is 0 Å². The third-order valence-electron chi connectivity index (χ3n) is 2.51. The molecule has 2 rings (SSSR count). The van der Waals surface area contributed by atoms with Gasteiger partial charge in [0.05, 0.1) is 16.7 Å². The Kier molecular flexibility index (Phi) is 4.12. The van der Waals surface area contributed by atoms with Gasteiger partial charge < -0.3 is 10.3 Å². The molecule has 0 aliphatic rings. The Labute approximate surface area is 110 Å². The highest BCUT2D eigenvalue weighted by Crippen LogP contribution is 2.24. The second-order valence-corrected chi connectivity index (χ2v) is 5.46. The predicted octanol–water partition coefficient (Wildman–Crippen LogP) is 2.81. The number of hydrogen-bond acceptors (Lipinski definition) is 4. The molecule has 17 heavy (non-hydrogen) atoms. The first-order valence-corrected chi connectivity index (χ1v) is 7.10. The number of rotatable bonds is 5. The first-order valence-electron chi connectivity index (χ1n) is 5.57. The average molecular weight is 271 g/mol. The van der Waals surface area contributed by atoms with Crippen molar-refractivity contribution >= 4 is 40.3 Å². The number of hydrogen-bond donors (Lipinski definition) is 1. The number of halogens is 1. The molecule has 2 N–H and O–H groups in total. The van der Waals surface area contributed by atoms with E-state index >= 15 is 0 Å². The van der Waals surface area contributed by atoms with Crippen LogP contribution in [0.1, 0.15) is 13.3 Å². The van der Waals surface area contributed by atoms with E-state index in [1.54, 1.807) is 12.4 Å². The van der Waals surface area contributed by atoms with E-state index in [2.05, 4.69) is 16.9 Å². The smallest absolute Gasteiger partial charge is 0.201 e.